The van der Waals surface area contributed by atoms with Crippen LogP contribution in [0.4, 0.5) is 35.1 Å². The van der Waals surface area contributed by atoms with Gasteiger partial charge in [0.2, 0.25) is 0 Å². The van der Waals surface area contributed by atoms with E-state index in [1.807, 2.05) is 0 Å². The second-order valence-electron chi connectivity index (χ2n) is 6.68. The van der Waals surface area contributed by atoms with E-state index in [0.29, 0.717) is 16.7 Å². The summed E-state index contributed by atoms with van der Waals surface area (Å²) in [5.41, 5.74) is -10.5. The van der Waals surface area contributed by atoms with Crippen molar-refractivity contribution in [3.05, 3.63) is 46.8 Å². The highest BCUT2D eigenvalue weighted by molar-refractivity contribution is 7.92. The van der Waals surface area contributed by atoms with Gasteiger partial charge in [-0.2, -0.15) is 31.6 Å². The molecule has 5 nitrogen and oxygen atoms in total. The Bertz CT molecular complexity index is 1190. The Morgan fingerprint density at radius 2 is 1.77 bits per heavy atom. The number of alkyl halides is 8. The van der Waals surface area contributed by atoms with Crippen LogP contribution >= 0.6 is 0 Å². The number of benzene rings is 1. The number of fused-ring (bicyclic) bond motifs is 1. The van der Waals surface area contributed by atoms with Gasteiger partial charge in [0.1, 0.15) is 11.0 Å². The van der Waals surface area contributed by atoms with Gasteiger partial charge in [-0.15, -0.1) is 0 Å². The van der Waals surface area contributed by atoms with E-state index in [4.69, 9.17) is 5.26 Å². The third-order valence-corrected chi connectivity index (χ3v) is 6.30. The van der Waals surface area contributed by atoms with E-state index < -0.39 is 79.4 Å². The summed E-state index contributed by atoms with van der Waals surface area (Å²) in [5, 5.41) is 18.8. The minimum Gasteiger partial charge on any atom is -0.382 e. The van der Waals surface area contributed by atoms with E-state index in [1.165, 1.54) is 6.07 Å². The number of hydrogen-bond acceptors (Lipinski definition) is 4. The van der Waals surface area contributed by atoms with Gasteiger partial charge < -0.3 is 9.67 Å². The molecule has 1 N–H and O–H groups in total. The van der Waals surface area contributed by atoms with Gasteiger partial charge in [0.25, 0.3) is 15.8 Å². The van der Waals surface area contributed by atoms with Crippen molar-refractivity contribution in [2.24, 2.45) is 0 Å². The third-order valence-electron chi connectivity index (χ3n) is 4.78. The lowest BCUT2D eigenvalue weighted by Crippen LogP contribution is -2.34. The van der Waals surface area contributed by atoms with Gasteiger partial charge in [-0.1, -0.05) is 0 Å². The lowest BCUT2D eigenvalue weighted by Gasteiger charge is -2.29. The average Bonchev–Trinajstić information content (AvgIpc) is 3.03. The van der Waals surface area contributed by atoms with Gasteiger partial charge in [0, 0.05) is 29.6 Å². The number of sulfone groups is 1. The highest BCUT2D eigenvalue weighted by Crippen LogP contribution is 2.47. The van der Waals surface area contributed by atoms with E-state index in [0.717, 1.165) is 6.07 Å². The Morgan fingerprint density at radius 1 is 1.16 bits per heavy atom. The first kappa shape index (κ1) is 23.0. The van der Waals surface area contributed by atoms with Gasteiger partial charge in [-0.25, -0.2) is 17.2 Å². The van der Waals surface area contributed by atoms with E-state index in [2.05, 4.69) is 0 Å². The molecule has 2 aromatic rings. The Hall–Kier alpha value is -2.66. The molecule has 1 aromatic carbocycles. The lowest BCUT2D eigenvalue weighted by atomic mass is 9.91. The zero-order chi connectivity index (χ0) is 23.6. The molecule has 0 saturated heterocycles. The summed E-state index contributed by atoms with van der Waals surface area (Å²) in [6.07, 6.45) is -9.53. The topological polar surface area (TPSA) is 83.1 Å². The second kappa shape index (κ2) is 6.92. The molecule has 1 aliphatic carbocycles. The SMILES string of the molecule is N#Cc1ccc(-n2cc(S(=O)(=O)C(F)(F)F)c3c2CCC(F)(F)C3O)cc1C(F)(F)F. The summed E-state index contributed by atoms with van der Waals surface area (Å²) in [6.45, 7) is 0. The van der Waals surface area contributed by atoms with Crippen LogP contribution in [0.2, 0.25) is 0 Å². The number of aromatic nitrogens is 1. The molecule has 1 heterocycles. The van der Waals surface area contributed by atoms with E-state index >= 15 is 0 Å². The summed E-state index contributed by atoms with van der Waals surface area (Å²) in [6, 6.07) is 3.26. The summed E-state index contributed by atoms with van der Waals surface area (Å²) in [7, 11) is -6.23. The summed E-state index contributed by atoms with van der Waals surface area (Å²) in [4.78, 5) is -1.68. The first-order valence-electron chi connectivity index (χ1n) is 8.25. The summed E-state index contributed by atoms with van der Waals surface area (Å²) < 4.78 is 131. The highest BCUT2D eigenvalue weighted by Gasteiger charge is 2.54. The maximum Gasteiger partial charge on any atom is 0.501 e. The fourth-order valence-electron chi connectivity index (χ4n) is 3.30. The van der Waals surface area contributed by atoms with Crippen LogP contribution in [0.1, 0.15) is 34.9 Å². The lowest BCUT2D eigenvalue weighted by molar-refractivity contribution is -0.137. The molecule has 0 bridgehead atoms. The predicted octanol–water partition coefficient (Wildman–Crippen LogP) is 4.28. The Morgan fingerprint density at radius 3 is 2.29 bits per heavy atom. The van der Waals surface area contributed by atoms with Gasteiger partial charge >= 0.3 is 11.7 Å². The molecule has 1 aliphatic rings. The second-order valence-corrected chi connectivity index (χ2v) is 8.59. The quantitative estimate of drug-likeness (QED) is 0.659. The molecule has 3 rings (SSSR count). The van der Waals surface area contributed by atoms with Gasteiger partial charge in [0.15, 0.2) is 0 Å². The molecule has 0 radical (unpaired) electrons. The molecule has 1 aromatic heterocycles. The molecule has 1 atom stereocenters. The fourth-order valence-corrected chi connectivity index (χ4v) is 4.31. The molecule has 1 unspecified atom stereocenters. The molecule has 0 saturated carbocycles. The standard InChI is InChI=1S/C17H10F8N2O3S/c18-15(19)4-3-11-13(14(15)28)12(31(29,30)17(23,24)25)7-27(11)9-2-1-8(6-26)10(5-9)16(20,21)22/h1-2,5,7,14,28H,3-4H2. The van der Waals surface area contributed by atoms with Crippen molar-refractivity contribution >= 4 is 9.84 Å². The molecule has 0 spiro atoms. The number of aliphatic hydroxyl groups excluding tert-OH is 1. The molecule has 0 fully saturated rings. The van der Waals surface area contributed by atoms with Crippen molar-refractivity contribution < 1.29 is 48.6 Å². The maximum atomic E-state index is 14.0. The molecule has 0 aliphatic heterocycles. The largest absolute Gasteiger partial charge is 0.501 e. The Balaban J connectivity index is 2.35. The van der Waals surface area contributed by atoms with Crippen LogP contribution in [0.25, 0.3) is 5.69 Å². The molecule has 168 valence electrons. The molecule has 31 heavy (non-hydrogen) atoms. The number of nitriles is 1. The molecular weight excluding hydrogens is 464 g/mol. The number of aliphatic hydroxyl groups is 1. The Labute approximate surface area is 169 Å². The van der Waals surface area contributed by atoms with Crippen LogP contribution in [-0.2, 0) is 22.4 Å². The van der Waals surface area contributed by atoms with Gasteiger partial charge in [-0.05, 0) is 24.6 Å². The van der Waals surface area contributed by atoms with E-state index in [-0.39, 0.29) is 6.20 Å². The number of nitrogens with zero attached hydrogens (tertiary/aromatic N) is 2. The van der Waals surface area contributed by atoms with Crippen molar-refractivity contribution in [1.29, 1.82) is 5.26 Å². The molecule has 0 amide bonds. The van der Waals surface area contributed by atoms with Crippen LogP contribution in [0, 0.1) is 11.3 Å². The zero-order valence-corrected chi connectivity index (χ0v) is 15.7. The zero-order valence-electron chi connectivity index (χ0n) is 14.9. The first-order chi connectivity index (χ1) is 14.0. The van der Waals surface area contributed by atoms with Crippen molar-refractivity contribution in [1.82, 2.24) is 4.57 Å². The van der Waals surface area contributed by atoms with Crippen molar-refractivity contribution in [2.75, 3.05) is 0 Å². The highest BCUT2D eigenvalue weighted by atomic mass is 32.2. The average molecular weight is 474 g/mol. The summed E-state index contributed by atoms with van der Waals surface area (Å²) in [5.74, 6) is -3.96. The summed E-state index contributed by atoms with van der Waals surface area (Å²) >= 11 is 0. The van der Waals surface area contributed by atoms with E-state index in [9.17, 15) is 48.6 Å². The van der Waals surface area contributed by atoms with Crippen molar-refractivity contribution in [3.8, 4) is 11.8 Å². The number of halogens is 8. The van der Waals surface area contributed by atoms with E-state index in [1.54, 1.807) is 0 Å². The number of rotatable bonds is 2. The Kier molecular flexibility index (Phi) is 5.14. The number of hydrogen-bond donors (Lipinski definition) is 1. The maximum absolute atomic E-state index is 14.0. The minimum absolute atomic E-state index is 0.250. The third kappa shape index (κ3) is 3.65. The monoisotopic (exact) mass is 474 g/mol. The minimum atomic E-state index is -6.23. The fraction of sp³-hybridized carbons (Fsp3) is 0.353. The van der Waals surface area contributed by atoms with Crippen LogP contribution in [-0.4, -0.2) is 29.5 Å². The van der Waals surface area contributed by atoms with Crippen LogP contribution in [0.15, 0.2) is 29.3 Å². The van der Waals surface area contributed by atoms with Crippen molar-refractivity contribution in [2.45, 2.75) is 41.4 Å². The molecule has 14 heteroatoms. The smallest absolute Gasteiger partial charge is 0.382 e. The van der Waals surface area contributed by atoms with Crippen molar-refractivity contribution in [3.63, 3.8) is 0 Å². The first-order valence-corrected chi connectivity index (χ1v) is 9.73. The normalized spacial score (nSPS) is 19.0. The van der Waals surface area contributed by atoms with Crippen LogP contribution in [0.3, 0.4) is 0 Å². The molecular formula is C17H10F8N2O3S. The van der Waals surface area contributed by atoms with Gasteiger partial charge in [0.05, 0.1) is 17.2 Å². The van der Waals surface area contributed by atoms with Gasteiger partial charge in [-0.3, -0.25) is 0 Å². The van der Waals surface area contributed by atoms with Crippen LogP contribution < -0.4 is 0 Å². The van der Waals surface area contributed by atoms with Crippen LogP contribution in [0.5, 0.6) is 0 Å². The predicted molar refractivity (Wildman–Crippen MR) is 87.0 cm³/mol.